The van der Waals surface area contributed by atoms with Crippen molar-refractivity contribution in [1.82, 2.24) is 20.3 Å². The van der Waals surface area contributed by atoms with Crippen LogP contribution < -0.4 is 5.32 Å². The van der Waals surface area contributed by atoms with Crippen molar-refractivity contribution in [3.8, 4) is 11.3 Å². The molecule has 0 spiro atoms. The lowest BCUT2D eigenvalue weighted by atomic mass is 10.1. The molecule has 0 radical (unpaired) electrons. The Kier molecular flexibility index (Phi) is 6.20. The number of aromatic nitrogens is 3. The Morgan fingerprint density at radius 2 is 1.76 bits per heavy atom. The van der Waals surface area contributed by atoms with E-state index in [0.29, 0.717) is 13.1 Å². The van der Waals surface area contributed by atoms with Crippen LogP contribution in [0.15, 0.2) is 54.6 Å². The molecule has 0 unspecified atom stereocenters. The van der Waals surface area contributed by atoms with Gasteiger partial charge in [0.2, 0.25) is 0 Å². The van der Waals surface area contributed by atoms with Crippen molar-refractivity contribution in [2.45, 2.75) is 32.9 Å². The van der Waals surface area contributed by atoms with Gasteiger partial charge in [-0.2, -0.15) is 15.0 Å². The average molecular weight is 355 g/mol. The molecule has 0 aliphatic heterocycles. The molecule has 0 saturated heterocycles. The van der Waals surface area contributed by atoms with E-state index in [1.807, 2.05) is 42.5 Å². The maximum atomic E-state index is 6.27. The van der Waals surface area contributed by atoms with E-state index in [4.69, 9.17) is 21.8 Å². The molecule has 0 aliphatic rings. The molecule has 0 aliphatic carbocycles. The lowest BCUT2D eigenvalue weighted by Crippen LogP contribution is -2.15. The van der Waals surface area contributed by atoms with Gasteiger partial charge in [0.15, 0.2) is 0 Å². The molecule has 3 rings (SSSR count). The number of unbranched alkanes of at least 4 members (excludes halogenated alkanes) is 1. The predicted molar refractivity (Wildman–Crippen MR) is 103 cm³/mol. The van der Waals surface area contributed by atoms with Crippen LogP contribution in [0.3, 0.4) is 0 Å². The molecular weight excluding hydrogens is 332 g/mol. The van der Waals surface area contributed by atoms with Crippen molar-refractivity contribution in [2.75, 3.05) is 6.54 Å². The zero-order valence-electron chi connectivity index (χ0n) is 14.5. The van der Waals surface area contributed by atoms with E-state index in [2.05, 4.69) is 24.4 Å². The van der Waals surface area contributed by atoms with E-state index in [1.54, 1.807) is 4.80 Å². The van der Waals surface area contributed by atoms with Gasteiger partial charge >= 0.3 is 0 Å². The SMILES string of the molecule is CCCCNCc1nn(Cc2ccccc2Cl)nc1-c1ccccc1. The highest BCUT2D eigenvalue weighted by atomic mass is 35.5. The molecule has 0 saturated carbocycles. The molecular formula is C20H23ClN4. The largest absolute Gasteiger partial charge is 0.311 e. The average Bonchev–Trinajstić information content (AvgIpc) is 3.04. The molecule has 0 fully saturated rings. The molecule has 0 amide bonds. The van der Waals surface area contributed by atoms with E-state index in [1.165, 1.54) is 6.42 Å². The van der Waals surface area contributed by atoms with E-state index in [9.17, 15) is 0 Å². The standard InChI is InChI=1S/C20H23ClN4/c1-2-3-13-22-14-19-20(16-9-5-4-6-10-16)24-25(23-19)15-17-11-7-8-12-18(17)21/h4-12,22H,2-3,13-15H2,1H3. The molecule has 0 atom stereocenters. The lowest BCUT2D eigenvalue weighted by molar-refractivity contribution is 0.573. The first-order valence-corrected chi connectivity index (χ1v) is 9.09. The fraction of sp³-hybridized carbons (Fsp3) is 0.300. The van der Waals surface area contributed by atoms with Crippen LogP contribution in [0, 0.1) is 0 Å². The minimum atomic E-state index is 0.564. The summed E-state index contributed by atoms with van der Waals surface area (Å²) in [6, 6.07) is 18.0. The zero-order valence-corrected chi connectivity index (χ0v) is 15.2. The van der Waals surface area contributed by atoms with Gasteiger partial charge in [0, 0.05) is 17.1 Å². The van der Waals surface area contributed by atoms with Gasteiger partial charge in [-0.1, -0.05) is 73.5 Å². The first-order chi connectivity index (χ1) is 12.3. The molecule has 1 N–H and O–H groups in total. The fourth-order valence-corrected chi connectivity index (χ4v) is 2.88. The number of hydrogen-bond donors (Lipinski definition) is 1. The number of rotatable bonds is 8. The number of benzene rings is 2. The molecule has 25 heavy (non-hydrogen) atoms. The van der Waals surface area contributed by atoms with Crippen molar-refractivity contribution < 1.29 is 0 Å². The Bertz CT molecular complexity index is 798. The van der Waals surface area contributed by atoms with Gasteiger partial charge in [0.25, 0.3) is 0 Å². The quantitative estimate of drug-likeness (QED) is 0.604. The van der Waals surface area contributed by atoms with Crippen LogP contribution in [0.5, 0.6) is 0 Å². The molecule has 2 aromatic carbocycles. The Balaban J connectivity index is 1.84. The number of nitrogens with one attached hydrogen (secondary N) is 1. The third-order valence-electron chi connectivity index (χ3n) is 4.04. The fourth-order valence-electron chi connectivity index (χ4n) is 2.68. The summed E-state index contributed by atoms with van der Waals surface area (Å²) in [4.78, 5) is 1.74. The molecule has 0 bridgehead atoms. The topological polar surface area (TPSA) is 42.7 Å². The van der Waals surface area contributed by atoms with Crippen LogP contribution in [0.25, 0.3) is 11.3 Å². The monoisotopic (exact) mass is 354 g/mol. The summed E-state index contributed by atoms with van der Waals surface area (Å²) in [5.74, 6) is 0. The highest BCUT2D eigenvalue weighted by Crippen LogP contribution is 2.21. The van der Waals surface area contributed by atoms with Gasteiger partial charge in [0.05, 0.1) is 6.54 Å². The second-order valence-corrected chi connectivity index (χ2v) is 6.42. The van der Waals surface area contributed by atoms with Crippen molar-refractivity contribution in [2.24, 2.45) is 0 Å². The molecule has 5 heteroatoms. The van der Waals surface area contributed by atoms with Gasteiger partial charge in [0.1, 0.15) is 11.4 Å². The molecule has 1 aromatic heterocycles. The van der Waals surface area contributed by atoms with E-state index >= 15 is 0 Å². The number of nitrogens with zero attached hydrogens (tertiary/aromatic N) is 3. The molecule has 130 valence electrons. The first-order valence-electron chi connectivity index (χ1n) is 8.71. The minimum absolute atomic E-state index is 0.564. The first kappa shape index (κ1) is 17.6. The maximum Gasteiger partial charge on any atom is 0.117 e. The number of hydrogen-bond acceptors (Lipinski definition) is 3. The molecule has 3 aromatic rings. The summed E-state index contributed by atoms with van der Waals surface area (Å²) in [6.07, 6.45) is 2.34. The van der Waals surface area contributed by atoms with Crippen LogP contribution in [-0.2, 0) is 13.1 Å². The summed E-state index contributed by atoms with van der Waals surface area (Å²) in [5.41, 5.74) is 4.00. The third kappa shape index (κ3) is 4.68. The van der Waals surface area contributed by atoms with Gasteiger partial charge < -0.3 is 5.32 Å². The van der Waals surface area contributed by atoms with Gasteiger partial charge in [-0.05, 0) is 24.6 Å². The van der Waals surface area contributed by atoms with Crippen LogP contribution in [0.1, 0.15) is 31.0 Å². The highest BCUT2D eigenvalue weighted by Gasteiger charge is 2.13. The molecule has 1 heterocycles. The minimum Gasteiger partial charge on any atom is -0.311 e. The Labute approximate surface area is 153 Å². The van der Waals surface area contributed by atoms with E-state index in [-0.39, 0.29) is 0 Å². The van der Waals surface area contributed by atoms with Crippen molar-refractivity contribution in [1.29, 1.82) is 0 Å². The van der Waals surface area contributed by atoms with Gasteiger partial charge in [-0.3, -0.25) is 0 Å². The van der Waals surface area contributed by atoms with Crippen LogP contribution in [0.4, 0.5) is 0 Å². The normalized spacial score (nSPS) is 11.0. The second-order valence-electron chi connectivity index (χ2n) is 6.01. The Morgan fingerprint density at radius 3 is 2.52 bits per heavy atom. The summed E-state index contributed by atoms with van der Waals surface area (Å²) >= 11 is 6.27. The summed E-state index contributed by atoms with van der Waals surface area (Å²) in [7, 11) is 0. The summed E-state index contributed by atoms with van der Waals surface area (Å²) < 4.78 is 0. The van der Waals surface area contributed by atoms with Crippen molar-refractivity contribution in [3.05, 3.63) is 70.9 Å². The highest BCUT2D eigenvalue weighted by molar-refractivity contribution is 6.31. The van der Waals surface area contributed by atoms with Gasteiger partial charge in [-0.25, -0.2) is 0 Å². The predicted octanol–water partition coefficient (Wildman–Crippen LogP) is 4.54. The Morgan fingerprint density at radius 1 is 1.00 bits per heavy atom. The lowest BCUT2D eigenvalue weighted by Gasteiger charge is -2.03. The van der Waals surface area contributed by atoms with Crippen LogP contribution >= 0.6 is 11.6 Å². The Hall–Kier alpha value is -2.17. The zero-order chi connectivity index (χ0) is 17.5. The number of halogens is 1. The van der Waals surface area contributed by atoms with E-state index in [0.717, 1.165) is 40.5 Å². The van der Waals surface area contributed by atoms with Gasteiger partial charge in [-0.15, -0.1) is 0 Å². The van der Waals surface area contributed by atoms with Crippen LogP contribution in [0.2, 0.25) is 5.02 Å². The van der Waals surface area contributed by atoms with E-state index < -0.39 is 0 Å². The maximum absolute atomic E-state index is 6.27. The molecule has 4 nitrogen and oxygen atoms in total. The van der Waals surface area contributed by atoms with Crippen molar-refractivity contribution in [3.63, 3.8) is 0 Å². The summed E-state index contributed by atoms with van der Waals surface area (Å²) in [6.45, 7) is 4.46. The third-order valence-corrected chi connectivity index (χ3v) is 4.41. The van der Waals surface area contributed by atoms with Crippen LogP contribution in [-0.4, -0.2) is 21.5 Å². The second kappa shape index (κ2) is 8.79. The van der Waals surface area contributed by atoms with Crippen molar-refractivity contribution >= 4 is 11.6 Å². The summed E-state index contributed by atoms with van der Waals surface area (Å²) in [5, 5.41) is 13.6. The smallest absolute Gasteiger partial charge is 0.117 e.